The van der Waals surface area contributed by atoms with Gasteiger partial charge in [-0.3, -0.25) is 0 Å². The Kier molecular flexibility index (Phi) is 4.23. The van der Waals surface area contributed by atoms with E-state index in [9.17, 15) is 0 Å². The zero-order valence-corrected chi connectivity index (χ0v) is 14.2. The summed E-state index contributed by atoms with van der Waals surface area (Å²) in [4.78, 5) is 12.9. The van der Waals surface area contributed by atoms with Gasteiger partial charge in [0.2, 0.25) is 0 Å². The summed E-state index contributed by atoms with van der Waals surface area (Å²) in [5.74, 6) is 1.22. The van der Waals surface area contributed by atoms with Crippen LogP contribution in [0.1, 0.15) is 11.4 Å². The van der Waals surface area contributed by atoms with Gasteiger partial charge in [0.25, 0.3) is 11.8 Å². The molecule has 0 bridgehead atoms. The van der Waals surface area contributed by atoms with Crippen LogP contribution >= 0.6 is 23.2 Å². The predicted molar refractivity (Wildman–Crippen MR) is 86.5 cm³/mol. The monoisotopic (exact) mass is 353 g/mol. The van der Waals surface area contributed by atoms with Crippen molar-refractivity contribution in [1.29, 1.82) is 0 Å². The van der Waals surface area contributed by atoms with Crippen LogP contribution in [-0.2, 0) is 6.54 Å². The Balaban J connectivity index is 2.23. The molecule has 3 rings (SSSR count). The first-order valence-corrected chi connectivity index (χ1v) is 7.41. The number of rotatable bonds is 4. The standard InChI is InChI=1S/C14H13Cl2N5O2/c1-7-17-6-21(20-7)5-8-11(16)9(15)4-10-12(8)19-14(23-3)13(18-10)22-2/h4,6H,5H2,1-3H3. The number of nitrogens with zero attached hydrogens (tertiary/aromatic N) is 5. The van der Waals surface area contributed by atoms with Crippen molar-refractivity contribution in [3.63, 3.8) is 0 Å². The maximum Gasteiger partial charge on any atom is 0.278 e. The fourth-order valence-electron chi connectivity index (χ4n) is 2.21. The number of ether oxygens (including phenoxy) is 2. The number of fused-ring (bicyclic) bond motifs is 1. The summed E-state index contributed by atoms with van der Waals surface area (Å²) in [5, 5.41) is 5.04. The molecule has 0 saturated heterocycles. The Hall–Kier alpha value is -2.12. The van der Waals surface area contributed by atoms with Crippen molar-refractivity contribution >= 4 is 34.2 Å². The summed E-state index contributed by atoms with van der Waals surface area (Å²) >= 11 is 12.6. The molecule has 120 valence electrons. The summed E-state index contributed by atoms with van der Waals surface area (Å²) in [7, 11) is 2.99. The lowest BCUT2D eigenvalue weighted by atomic mass is 10.1. The molecule has 0 spiro atoms. The molecule has 2 heterocycles. The van der Waals surface area contributed by atoms with Crippen molar-refractivity contribution in [3.05, 3.63) is 33.8 Å². The average Bonchev–Trinajstić information content (AvgIpc) is 2.95. The SMILES string of the molecule is COc1nc2cc(Cl)c(Cl)c(Cn3cnc(C)n3)c2nc1OC. The molecule has 0 N–H and O–H groups in total. The van der Waals surface area contributed by atoms with Crippen molar-refractivity contribution in [2.45, 2.75) is 13.5 Å². The Morgan fingerprint density at radius 1 is 1.13 bits per heavy atom. The molecule has 1 aromatic carbocycles. The van der Waals surface area contributed by atoms with E-state index in [1.807, 2.05) is 6.92 Å². The van der Waals surface area contributed by atoms with Gasteiger partial charge in [0.15, 0.2) is 0 Å². The molecule has 0 aliphatic heterocycles. The second-order valence-electron chi connectivity index (χ2n) is 4.75. The quantitative estimate of drug-likeness (QED) is 0.717. The highest BCUT2D eigenvalue weighted by atomic mass is 35.5. The van der Waals surface area contributed by atoms with Crippen LogP contribution in [-0.4, -0.2) is 39.0 Å². The van der Waals surface area contributed by atoms with E-state index in [0.29, 0.717) is 39.0 Å². The van der Waals surface area contributed by atoms with Crippen LogP contribution in [0.5, 0.6) is 11.8 Å². The smallest absolute Gasteiger partial charge is 0.278 e. The predicted octanol–water partition coefficient (Wildman–Crippen LogP) is 2.90. The zero-order valence-electron chi connectivity index (χ0n) is 12.7. The molecule has 0 aliphatic carbocycles. The molecule has 0 amide bonds. The van der Waals surface area contributed by atoms with Crippen LogP contribution < -0.4 is 9.47 Å². The minimum absolute atomic E-state index is 0.273. The Labute approximate surface area is 142 Å². The fourth-order valence-corrected chi connectivity index (χ4v) is 2.63. The molecule has 0 aliphatic rings. The average molecular weight is 354 g/mol. The molecule has 0 fully saturated rings. The number of aryl methyl sites for hydroxylation is 1. The second-order valence-corrected chi connectivity index (χ2v) is 5.54. The molecular formula is C14H13Cl2N5O2. The lowest BCUT2D eigenvalue weighted by Gasteiger charge is -2.12. The van der Waals surface area contributed by atoms with E-state index in [1.54, 1.807) is 17.1 Å². The minimum Gasteiger partial charge on any atom is -0.477 e. The van der Waals surface area contributed by atoms with E-state index in [2.05, 4.69) is 20.1 Å². The Morgan fingerprint density at radius 3 is 2.43 bits per heavy atom. The number of hydrogen-bond acceptors (Lipinski definition) is 6. The molecule has 0 saturated carbocycles. The first-order chi connectivity index (χ1) is 11.0. The van der Waals surface area contributed by atoms with Gasteiger partial charge in [-0.1, -0.05) is 23.2 Å². The molecule has 3 aromatic rings. The zero-order chi connectivity index (χ0) is 16.6. The van der Waals surface area contributed by atoms with Gasteiger partial charge in [0, 0.05) is 5.56 Å². The van der Waals surface area contributed by atoms with Gasteiger partial charge >= 0.3 is 0 Å². The topological polar surface area (TPSA) is 75.0 Å². The minimum atomic E-state index is 0.273. The van der Waals surface area contributed by atoms with Gasteiger partial charge < -0.3 is 9.47 Å². The van der Waals surface area contributed by atoms with Crippen molar-refractivity contribution in [2.24, 2.45) is 0 Å². The highest BCUT2D eigenvalue weighted by Crippen LogP contribution is 2.35. The molecule has 2 aromatic heterocycles. The summed E-state index contributed by atoms with van der Waals surface area (Å²) in [6.07, 6.45) is 1.62. The van der Waals surface area contributed by atoms with Crippen molar-refractivity contribution in [3.8, 4) is 11.8 Å². The van der Waals surface area contributed by atoms with Crippen LogP contribution in [0.15, 0.2) is 12.4 Å². The molecule has 0 unspecified atom stereocenters. The summed E-state index contributed by atoms with van der Waals surface area (Å²) < 4.78 is 12.0. The van der Waals surface area contributed by atoms with Crippen LogP contribution in [0.25, 0.3) is 11.0 Å². The maximum absolute atomic E-state index is 6.36. The van der Waals surface area contributed by atoms with E-state index in [4.69, 9.17) is 32.7 Å². The Morgan fingerprint density at radius 2 is 1.83 bits per heavy atom. The molecule has 23 heavy (non-hydrogen) atoms. The highest BCUT2D eigenvalue weighted by molar-refractivity contribution is 6.43. The van der Waals surface area contributed by atoms with Crippen molar-refractivity contribution in [2.75, 3.05) is 14.2 Å². The lowest BCUT2D eigenvalue weighted by molar-refractivity contribution is 0.334. The van der Waals surface area contributed by atoms with E-state index in [-0.39, 0.29) is 11.8 Å². The number of hydrogen-bond donors (Lipinski definition) is 0. The molecule has 7 nitrogen and oxygen atoms in total. The largest absolute Gasteiger partial charge is 0.477 e. The fraction of sp³-hybridized carbons (Fsp3) is 0.286. The van der Waals surface area contributed by atoms with Gasteiger partial charge in [-0.05, 0) is 13.0 Å². The van der Waals surface area contributed by atoms with Crippen LogP contribution in [0.3, 0.4) is 0 Å². The van der Waals surface area contributed by atoms with E-state index < -0.39 is 0 Å². The van der Waals surface area contributed by atoms with Crippen LogP contribution in [0.4, 0.5) is 0 Å². The molecular weight excluding hydrogens is 341 g/mol. The van der Waals surface area contributed by atoms with Gasteiger partial charge in [0.05, 0.1) is 41.8 Å². The van der Waals surface area contributed by atoms with Gasteiger partial charge in [-0.25, -0.2) is 19.6 Å². The summed E-state index contributed by atoms with van der Waals surface area (Å²) in [6, 6.07) is 1.64. The van der Waals surface area contributed by atoms with Gasteiger partial charge in [0.1, 0.15) is 12.2 Å². The van der Waals surface area contributed by atoms with E-state index in [0.717, 1.165) is 0 Å². The number of aromatic nitrogens is 5. The molecule has 0 radical (unpaired) electrons. The maximum atomic E-state index is 6.36. The van der Waals surface area contributed by atoms with E-state index >= 15 is 0 Å². The Bertz CT molecular complexity index is 881. The summed E-state index contributed by atoms with van der Waals surface area (Å²) in [5.41, 5.74) is 1.82. The third-order valence-electron chi connectivity index (χ3n) is 3.24. The number of methoxy groups -OCH3 is 2. The van der Waals surface area contributed by atoms with E-state index in [1.165, 1.54) is 14.2 Å². The molecule has 9 heteroatoms. The van der Waals surface area contributed by atoms with Crippen molar-refractivity contribution in [1.82, 2.24) is 24.7 Å². The first kappa shape index (κ1) is 15.8. The third kappa shape index (κ3) is 2.89. The van der Waals surface area contributed by atoms with Crippen LogP contribution in [0.2, 0.25) is 10.0 Å². The normalized spacial score (nSPS) is 11.0. The lowest BCUT2D eigenvalue weighted by Crippen LogP contribution is -2.05. The molecule has 0 atom stereocenters. The number of halogens is 2. The van der Waals surface area contributed by atoms with Gasteiger partial charge in [-0.15, -0.1) is 0 Å². The highest BCUT2D eigenvalue weighted by Gasteiger charge is 2.18. The third-order valence-corrected chi connectivity index (χ3v) is 4.07. The second kappa shape index (κ2) is 6.17. The van der Waals surface area contributed by atoms with Crippen molar-refractivity contribution < 1.29 is 9.47 Å². The summed E-state index contributed by atoms with van der Waals surface area (Å²) in [6.45, 7) is 2.17. The number of benzene rings is 1. The van der Waals surface area contributed by atoms with Gasteiger partial charge in [-0.2, -0.15) is 5.10 Å². The van der Waals surface area contributed by atoms with Crippen LogP contribution in [0, 0.1) is 6.92 Å². The first-order valence-electron chi connectivity index (χ1n) is 6.66.